The summed E-state index contributed by atoms with van der Waals surface area (Å²) in [6.07, 6.45) is 5.43. The van der Waals surface area contributed by atoms with Gasteiger partial charge in [0.25, 0.3) is 0 Å². The lowest BCUT2D eigenvalue weighted by molar-refractivity contribution is 0.253. The maximum absolute atomic E-state index is 6.13. The van der Waals surface area contributed by atoms with Gasteiger partial charge in [0.15, 0.2) is 0 Å². The van der Waals surface area contributed by atoms with Crippen molar-refractivity contribution in [3.63, 3.8) is 0 Å². The molecule has 0 spiro atoms. The molecule has 3 unspecified atom stereocenters. The standard InChI is InChI=1S/C13H20ClN3/c1-8-4-3-5-12(9(8)2)17-13-11(14)6-10(15)7-16-13/h6-9,12H,3-5,15H2,1-2H3,(H,16,17). The van der Waals surface area contributed by atoms with Crippen LogP contribution in [0.2, 0.25) is 5.02 Å². The van der Waals surface area contributed by atoms with Gasteiger partial charge in [-0.25, -0.2) is 4.98 Å². The largest absolute Gasteiger partial charge is 0.397 e. The van der Waals surface area contributed by atoms with Crippen LogP contribution in [0.3, 0.4) is 0 Å². The first-order valence-electron chi connectivity index (χ1n) is 6.25. The lowest BCUT2D eigenvalue weighted by Gasteiger charge is -2.35. The Hall–Kier alpha value is -0.960. The number of anilines is 2. The van der Waals surface area contributed by atoms with E-state index in [2.05, 4.69) is 24.1 Å². The summed E-state index contributed by atoms with van der Waals surface area (Å²) in [5.74, 6) is 2.17. The maximum atomic E-state index is 6.13. The van der Waals surface area contributed by atoms with Gasteiger partial charge in [-0.2, -0.15) is 0 Å². The van der Waals surface area contributed by atoms with E-state index in [0.717, 1.165) is 11.7 Å². The summed E-state index contributed by atoms with van der Waals surface area (Å²) in [4.78, 5) is 4.26. The molecule has 1 heterocycles. The molecule has 1 aliphatic carbocycles. The van der Waals surface area contributed by atoms with Crippen LogP contribution >= 0.6 is 11.6 Å². The third-order valence-electron chi connectivity index (χ3n) is 3.89. The van der Waals surface area contributed by atoms with E-state index in [0.29, 0.717) is 22.7 Å². The molecule has 1 aromatic rings. The van der Waals surface area contributed by atoms with E-state index >= 15 is 0 Å². The van der Waals surface area contributed by atoms with E-state index in [4.69, 9.17) is 17.3 Å². The Bertz CT molecular complexity index is 394. The molecular weight excluding hydrogens is 234 g/mol. The van der Waals surface area contributed by atoms with Crippen molar-refractivity contribution in [2.24, 2.45) is 11.8 Å². The van der Waals surface area contributed by atoms with Gasteiger partial charge < -0.3 is 11.1 Å². The number of hydrogen-bond donors (Lipinski definition) is 2. The van der Waals surface area contributed by atoms with Gasteiger partial charge in [0, 0.05) is 6.04 Å². The molecule has 94 valence electrons. The average molecular weight is 254 g/mol. The number of nitrogens with one attached hydrogen (secondary N) is 1. The first-order valence-corrected chi connectivity index (χ1v) is 6.63. The molecule has 0 radical (unpaired) electrons. The Morgan fingerprint density at radius 1 is 1.41 bits per heavy atom. The highest BCUT2D eigenvalue weighted by Gasteiger charge is 2.27. The molecule has 2 rings (SSSR count). The van der Waals surface area contributed by atoms with Crippen LogP contribution in [0.15, 0.2) is 12.3 Å². The van der Waals surface area contributed by atoms with Crippen molar-refractivity contribution in [1.29, 1.82) is 0 Å². The Morgan fingerprint density at radius 3 is 2.88 bits per heavy atom. The zero-order chi connectivity index (χ0) is 12.4. The van der Waals surface area contributed by atoms with E-state index < -0.39 is 0 Å². The molecule has 0 bridgehead atoms. The number of aromatic nitrogens is 1. The fourth-order valence-electron chi connectivity index (χ4n) is 2.52. The van der Waals surface area contributed by atoms with Crippen LogP contribution in [0.4, 0.5) is 11.5 Å². The summed E-state index contributed by atoms with van der Waals surface area (Å²) in [6.45, 7) is 4.61. The Morgan fingerprint density at radius 2 is 2.18 bits per heavy atom. The molecular formula is C13H20ClN3. The lowest BCUT2D eigenvalue weighted by Crippen LogP contribution is -2.35. The van der Waals surface area contributed by atoms with Crippen LogP contribution in [0.5, 0.6) is 0 Å². The van der Waals surface area contributed by atoms with E-state index in [-0.39, 0.29) is 0 Å². The number of halogens is 1. The molecule has 4 heteroatoms. The first kappa shape index (κ1) is 12.5. The monoisotopic (exact) mass is 253 g/mol. The summed E-state index contributed by atoms with van der Waals surface area (Å²) >= 11 is 6.13. The number of pyridine rings is 1. The van der Waals surface area contributed by atoms with Crippen molar-refractivity contribution in [1.82, 2.24) is 4.98 Å². The van der Waals surface area contributed by atoms with Gasteiger partial charge in [0.05, 0.1) is 16.9 Å². The number of hydrogen-bond acceptors (Lipinski definition) is 3. The van der Waals surface area contributed by atoms with Crippen LogP contribution in [0, 0.1) is 11.8 Å². The minimum atomic E-state index is 0.465. The summed E-state index contributed by atoms with van der Waals surface area (Å²) < 4.78 is 0. The van der Waals surface area contributed by atoms with Crippen LogP contribution < -0.4 is 11.1 Å². The maximum Gasteiger partial charge on any atom is 0.145 e. The van der Waals surface area contributed by atoms with Gasteiger partial charge in [-0.15, -0.1) is 0 Å². The molecule has 0 saturated heterocycles. The van der Waals surface area contributed by atoms with Gasteiger partial charge in [0.1, 0.15) is 5.82 Å². The second-order valence-corrected chi connectivity index (χ2v) is 5.52. The molecule has 1 fully saturated rings. The summed E-state index contributed by atoms with van der Waals surface area (Å²) in [6, 6.07) is 2.21. The van der Waals surface area contributed by atoms with Crippen molar-refractivity contribution >= 4 is 23.1 Å². The molecule has 3 N–H and O–H groups in total. The highest BCUT2D eigenvalue weighted by Crippen LogP contribution is 2.32. The SMILES string of the molecule is CC1CCCC(Nc2ncc(N)cc2Cl)C1C. The predicted molar refractivity (Wildman–Crippen MR) is 73.2 cm³/mol. The second kappa shape index (κ2) is 5.13. The number of nitrogens with two attached hydrogens (primary N) is 1. The molecule has 0 aromatic carbocycles. The predicted octanol–water partition coefficient (Wildman–Crippen LogP) is 3.55. The third kappa shape index (κ3) is 2.83. The van der Waals surface area contributed by atoms with E-state index in [1.165, 1.54) is 19.3 Å². The van der Waals surface area contributed by atoms with Crippen LogP contribution in [0.1, 0.15) is 33.1 Å². The highest BCUT2D eigenvalue weighted by molar-refractivity contribution is 6.33. The van der Waals surface area contributed by atoms with Gasteiger partial charge in [-0.05, 0) is 24.3 Å². The van der Waals surface area contributed by atoms with Gasteiger partial charge in [0.2, 0.25) is 0 Å². The van der Waals surface area contributed by atoms with E-state index in [1.807, 2.05) is 0 Å². The van der Waals surface area contributed by atoms with Gasteiger partial charge >= 0.3 is 0 Å². The van der Waals surface area contributed by atoms with Crippen molar-refractivity contribution in [3.8, 4) is 0 Å². The zero-order valence-corrected chi connectivity index (χ0v) is 11.2. The van der Waals surface area contributed by atoms with Crippen molar-refractivity contribution in [3.05, 3.63) is 17.3 Å². The third-order valence-corrected chi connectivity index (χ3v) is 4.18. The first-order chi connectivity index (χ1) is 8.08. The lowest BCUT2D eigenvalue weighted by atomic mass is 9.78. The summed E-state index contributed by atoms with van der Waals surface area (Å²) in [5.41, 5.74) is 6.24. The van der Waals surface area contributed by atoms with Crippen LogP contribution in [-0.4, -0.2) is 11.0 Å². The van der Waals surface area contributed by atoms with Gasteiger partial charge in [-0.3, -0.25) is 0 Å². The minimum Gasteiger partial charge on any atom is -0.397 e. The molecule has 3 nitrogen and oxygen atoms in total. The second-order valence-electron chi connectivity index (χ2n) is 5.12. The normalized spacial score (nSPS) is 29.0. The molecule has 0 aliphatic heterocycles. The van der Waals surface area contributed by atoms with E-state index in [9.17, 15) is 0 Å². The fourth-order valence-corrected chi connectivity index (χ4v) is 2.75. The quantitative estimate of drug-likeness (QED) is 0.848. The van der Waals surface area contributed by atoms with Crippen LogP contribution in [0.25, 0.3) is 0 Å². The Balaban J connectivity index is 2.09. The van der Waals surface area contributed by atoms with Crippen molar-refractivity contribution in [2.45, 2.75) is 39.2 Å². The molecule has 3 atom stereocenters. The minimum absolute atomic E-state index is 0.465. The van der Waals surface area contributed by atoms with Gasteiger partial charge in [-0.1, -0.05) is 38.3 Å². The summed E-state index contributed by atoms with van der Waals surface area (Å²) in [5, 5.41) is 4.06. The topological polar surface area (TPSA) is 50.9 Å². The Labute approximate surface area is 108 Å². The molecule has 1 saturated carbocycles. The fraction of sp³-hybridized carbons (Fsp3) is 0.615. The zero-order valence-electron chi connectivity index (χ0n) is 10.4. The van der Waals surface area contributed by atoms with Crippen molar-refractivity contribution < 1.29 is 0 Å². The highest BCUT2D eigenvalue weighted by atomic mass is 35.5. The molecule has 1 aromatic heterocycles. The number of nitrogens with zero attached hydrogens (tertiary/aromatic N) is 1. The summed E-state index contributed by atoms with van der Waals surface area (Å²) in [7, 11) is 0. The molecule has 17 heavy (non-hydrogen) atoms. The number of rotatable bonds is 2. The van der Waals surface area contributed by atoms with Crippen LogP contribution in [-0.2, 0) is 0 Å². The molecule has 1 aliphatic rings. The average Bonchev–Trinajstić information content (AvgIpc) is 2.28. The Kier molecular flexibility index (Phi) is 3.77. The number of nitrogen functional groups attached to an aromatic ring is 1. The smallest absolute Gasteiger partial charge is 0.145 e. The van der Waals surface area contributed by atoms with Crippen molar-refractivity contribution in [2.75, 3.05) is 11.1 Å². The molecule has 0 amide bonds. The van der Waals surface area contributed by atoms with E-state index in [1.54, 1.807) is 12.3 Å².